The zero-order chi connectivity index (χ0) is 8.60. The fourth-order valence-corrected chi connectivity index (χ4v) is 1.80. The van der Waals surface area contributed by atoms with Gasteiger partial charge in [0.15, 0.2) is 0 Å². The predicted molar refractivity (Wildman–Crippen MR) is 51.1 cm³/mol. The van der Waals surface area contributed by atoms with Gasteiger partial charge in [0.05, 0.1) is 5.54 Å². The van der Waals surface area contributed by atoms with Crippen molar-refractivity contribution in [3.05, 3.63) is 23.4 Å². The van der Waals surface area contributed by atoms with Crippen molar-refractivity contribution in [2.75, 3.05) is 0 Å². The largest absolute Gasteiger partial charge is 0.318 e. The van der Waals surface area contributed by atoms with Crippen LogP contribution < -0.4 is 5.73 Å². The molecule has 2 N–H and O–H groups in total. The van der Waals surface area contributed by atoms with Crippen LogP contribution in [-0.2, 0) is 0 Å². The van der Waals surface area contributed by atoms with Gasteiger partial charge >= 0.3 is 0 Å². The molecule has 0 aromatic carbocycles. The molecule has 1 fully saturated rings. The Morgan fingerprint density at radius 1 is 1.42 bits per heavy atom. The zero-order valence-corrected chi connectivity index (χ0v) is 7.38. The highest BCUT2D eigenvalue weighted by Crippen LogP contribution is 2.32. The maximum absolute atomic E-state index is 5.97. The van der Waals surface area contributed by atoms with Gasteiger partial charge in [-0.1, -0.05) is 6.08 Å². The Morgan fingerprint density at radius 3 is 3.00 bits per heavy atom. The Bertz CT molecular complexity index is 282. The van der Waals surface area contributed by atoms with E-state index in [0.29, 0.717) is 0 Å². The highest BCUT2D eigenvalue weighted by Gasteiger charge is 2.20. The SMILES string of the molecule is CC1(N)C=NC=C2CCCC2=C1. The van der Waals surface area contributed by atoms with Gasteiger partial charge in [0.1, 0.15) is 0 Å². The second kappa shape index (κ2) is 2.56. The molecule has 0 saturated heterocycles. The molecule has 1 saturated carbocycles. The lowest BCUT2D eigenvalue weighted by molar-refractivity contribution is 0.790. The summed E-state index contributed by atoms with van der Waals surface area (Å²) >= 11 is 0. The van der Waals surface area contributed by atoms with Crippen LogP contribution >= 0.6 is 0 Å². The molecule has 64 valence electrons. The molecule has 1 unspecified atom stereocenters. The Kier molecular flexibility index (Phi) is 1.65. The second-order valence-electron chi connectivity index (χ2n) is 3.82. The average Bonchev–Trinajstić information content (AvgIpc) is 2.31. The molecule has 1 heterocycles. The molecule has 0 aromatic heterocycles. The summed E-state index contributed by atoms with van der Waals surface area (Å²) in [4.78, 5) is 4.20. The van der Waals surface area contributed by atoms with Gasteiger partial charge in [0.25, 0.3) is 0 Å². The van der Waals surface area contributed by atoms with Crippen molar-refractivity contribution < 1.29 is 0 Å². The summed E-state index contributed by atoms with van der Waals surface area (Å²) in [6.45, 7) is 1.98. The topological polar surface area (TPSA) is 38.4 Å². The van der Waals surface area contributed by atoms with Crippen LogP contribution in [0.25, 0.3) is 0 Å². The number of rotatable bonds is 0. The van der Waals surface area contributed by atoms with Gasteiger partial charge in [0.2, 0.25) is 0 Å². The van der Waals surface area contributed by atoms with Crippen molar-refractivity contribution in [2.24, 2.45) is 10.7 Å². The van der Waals surface area contributed by atoms with E-state index in [1.165, 1.54) is 30.4 Å². The lowest BCUT2D eigenvalue weighted by Gasteiger charge is -2.13. The van der Waals surface area contributed by atoms with E-state index in [4.69, 9.17) is 5.73 Å². The van der Waals surface area contributed by atoms with Gasteiger partial charge in [-0.05, 0) is 37.3 Å². The standard InChI is InChI=1S/C10H14N2/c1-10(11)5-8-3-2-4-9(8)6-12-7-10/h5-7H,2-4,11H2,1H3. The molecule has 1 aliphatic carbocycles. The molecular formula is C10H14N2. The van der Waals surface area contributed by atoms with E-state index in [1.54, 1.807) is 0 Å². The Balaban J connectivity index is 2.40. The zero-order valence-electron chi connectivity index (χ0n) is 7.38. The third-order valence-electron chi connectivity index (χ3n) is 2.37. The van der Waals surface area contributed by atoms with Crippen molar-refractivity contribution >= 4 is 6.21 Å². The van der Waals surface area contributed by atoms with Gasteiger partial charge in [-0.15, -0.1) is 0 Å². The van der Waals surface area contributed by atoms with Crippen LogP contribution in [0.4, 0.5) is 0 Å². The Labute approximate surface area is 72.9 Å². The van der Waals surface area contributed by atoms with E-state index in [1.807, 2.05) is 19.3 Å². The van der Waals surface area contributed by atoms with Crippen LogP contribution in [0.1, 0.15) is 26.2 Å². The second-order valence-corrected chi connectivity index (χ2v) is 3.82. The van der Waals surface area contributed by atoms with Crippen molar-refractivity contribution in [2.45, 2.75) is 31.7 Å². The monoisotopic (exact) mass is 162 g/mol. The van der Waals surface area contributed by atoms with E-state index in [2.05, 4.69) is 11.1 Å². The summed E-state index contributed by atoms with van der Waals surface area (Å²) < 4.78 is 0. The van der Waals surface area contributed by atoms with Crippen molar-refractivity contribution in [3.63, 3.8) is 0 Å². The fourth-order valence-electron chi connectivity index (χ4n) is 1.80. The minimum Gasteiger partial charge on any atom is -0.318 e. The molecule has 1 atom stereocenters. The summed E-state index contributed by atoms with van der Waals surface area (Å²) in [5, 5.41) is 0. The number of fused-ring (bicyclic) bond motifs is 1. The third kappa shape index (κ3) is 1.34. The fraction of sp³-hybridized carbons (Fsp3) is 0.500. The minimum absolute atomic E-state index is 0.349. The number of allylic oxidation sites excluding steroid dienone is 2. The quantitative estimate of drug-likeness (QED) is 0.579. The first-order valence-corrected chi connectivity index (χ1v) is 4.42. The van der Waals surface area contributed by atoms with Gasteiger partial charge < -0.3 is 5.73 Å². The summed E-state index contributed by atoms with van der Waals surface area (Å²) in [6.07, 6.45) is 9.50. The third-order valence-corrected chi connectivity index (χ3v) is 2.37. The van der Waals surface area contributed by atoms with Gasteiger partial charge in [-0.3, -0.25) is 4.99 Å². The molecule has 1 aliphatic heterocycles. The average molecular weight is 162 g/mol. The molecule has 2 aliphatic rings. The molecule has 12 heavy (non-hydrogen) atoms. The van der Waals surface area contributed by atoms with Crippen molar-refractivity contribution in [3.8, 4) is 0 Å². The van der Waals surface area contributed by atoms with Crippen LogP contribution in [-0.4, -0.2) is 11.8 Å². The van der Waals surface area contributed by atoms with E-state index < -0.39 is 0 Å². The van der Waals surface area contributed by atoms with Gasteiger partial charge in [0, 0.05) is 12.4 Å². The molecule has 0 amide bonds. The number of hydrogen-bond acceptors (Lipinski definition) is 2. The number of aliphatic imine (C=N–C) groups is 1. The first kappa shape index (κ1) is 7.74. The molecule has 0 spiro atoms. The van der Waals surface area contributed by atoms with E-state index >= 15 is 0 Å². The van der Waals surface area contributed by atoms with Crippen LogP contribution in [0.3, 0.4) is 0 Å². The Hall–Kier alpha value is -0.890. The minimum atomic E-state index is -0.349. The highest BCUT2D eigenvalue weighted by atomic mass is 14.8. The van der Waals surface area contributed by atoms with Gasteiger partial charge in [-0.25, -0.2) is 0 Å². The number of nitrogens with two attached hydrogens (primary N) is 1. The van der Waals surface area contributed by atoms with E-state index in [9.17, 15) is 0 Å². The number of hydrogen-bond donors (Lipinski definition) is 1. The molecule has 2 nitrogen and oxygen atoms in total. The smallest absolute Gasteiger partial charge is 0.0676 e. The molecular weight excluding hydrogens is 148 g/mol. The lowest BCUT2D eigenvalue weighted by atomic mass is 10.00. The summed E-state index contributed by atoms with van der Waals surface area (Å²) in [6, 6.07) is 0. The lowest BCUT2D eigenvalue weighted by Crippen LogP contribution is -2.35. The molecule has 2 rings (SSSR count). The number of nitrogens with zero attached hydrogens (tertiary/aromatic N) is 1. The highest BCUT2D eigenvalue weighted by molar-refractivity contribution is 5.75. The van der Waals surface area contributed by atoms with E-state index in [-0.39, 0.29) is 5.54 Å². The van der Waals surface area contributed by atoms with Crippen LogP contribution in [0.2, 0.25) is 0 Å². The summed E-state index contributed by atoms with van der Waals surface area (Å²) in [7, 11) is 0. The van der Waals surface area contributed by atoms with Crippen LogP contribution in [0.5, 0.6) is 0 Å². The molecule has 0 bridgehead atoms. The van der Waals surface area contributed by atoms with Crippen molar-refractivity contribution in [1.82, 2.24) is 0 Å². The maximum Gasteiger partial charge on any atom is 0.0676 e. The maximum atomic E-state index is 5.97. The van der Waals surface area contributed by atoms with Gasteiger partial charge in [-0.2, -0.15) is 0 Å². The molecule has 0 aromatic rings. The molecule has 0 radical (unpaired) electrons. The van der Waals surface area contributed by atoms with Crippen LogP contribution in [0.15, 0.2) is 28.4 Å². The predicted octanol–water partition coefficient (Wildman–Crippen LogP) is 1.78. The molecule has 2 heteroatoms. The first-order chi connectivity index (χ1) is 5.67. The van der Waals surface area contributed by atoms with Crippen molar-refractivity contribution in [1.29, 1.82) is 0 Å². The summed E-state index contributed by atoms with van der Waals surface area (Å²) in [5.74, 6) is 0. The summed E-state index contributed by atoms with van der Waals surface area (Å²) in [5.41, 5.74) is 8.40. The Morgan fingerprint density at radius 2 is 2.17 bits per heavy atom. The normalized spacial score (nSPS) is 33.8. The first-order valence-electron chi connectivity index (χ1n) is 4.42. The van der Waals surface area contributed by atoms with E-state index in [0.717, 1.165) is 0 Å². The van der Waals surface area contributed by atoms with Crippen LogP contribution in [0, 0.1) is 0 Å².